The smallest absolute Gasteiger partial charge is 0.102 e. The maximum Gasteiger partial charge on any atom is 0.102 e. The van der Waals surface area contributed by atoms with Gasteiger partial charge in [-0.15, -0.1) is 0 Å². The lowest BCUT2D eigenvalue weighted by Gasteiger charge is -2.11. The molecule has 0 aliphatic rings. The molecule has 0 spiro atoms. The highest BCUT2D eigenvalue weighted by Gasteiger charge is 1.97. The van der Waals surface area contributed by atoms with Crippen molar-refractivity contribution in [2.24, 2.45) is 4.99 Å². The summed E-state index contributed by atoms with van der Waals surface area (Å²) in [5.41, 5.74) is 3.48. The standard InChI is InChI=1S/C14H17N3S/c1-12-6-7-14(13(2)10-12)15-11-16(3)18-17-8-4-5-9-17/h4-11H,1-3H3. The van der Waals surface area contributed by atoms with E-state index in [4.69, 9.17) is 0 Å². The van der Waals surface area contributed by atoms with Crippen LogP contribution in [0.15, 0.2) is 47.7 Å². The van der Waals surface area contributed by atoms with Crippen molar-refractivity contribution in [2.75, 3.05) is 7.05 Å². The predicted molar refractivity (Wildman–Crippen MR) is 79.3 cm³/mol. The summed E-state index contributed by atoms with van der Waals surface area (Å²) in [6.07, 6.45) is 5.85. The highest BCUT2D eigenvalue weighted by Crippen LogP contribution is 2.19. The van der Waals surface area contributed by atoms with E-state index in [1.807, 2.05) is 46.2 Å². The van der Waals surface area contributed by atoms with Crippen LogP contribution in [0, 0.1) is 13.8 Å². The average molecular weight is 259 g/mol. The van der Waals surface area contributed by atoms with Crippen LogP contribution in [0.1, 0.15) is 11.1 Å². The lowest BCUT2D eigenvalue weighted by Crippen LogP contribution is -2.07. The van der Waals surface area contributed by atoms with Crippen LogP contribution < -0.4 is 0 Å². The molecular formula is C14H17N3S. The summed E-state index contributed by atoms with van der Waals surface area (Å²) in [6.45, 7) is 4.17. The fraction of sp³-hybridized carbons (Fsp3) is 0.214. The van der Waals surface area contributed by atoms with Crippen molar-refractivity contribution < 1.29 is 0 Å². The van der Waals surface area contributed by atoms with Crippen molar-refractivity contribution in [3.63, 3.8) is 0 Å². The fourth-order valence-corrected chi connectivity index (χ4v) is 2.27. The first kappa shape index (κ1) is 12.8. The third kappa shape index (κ3) is 3.40. The van der Waals surface area contributed by atoms with Crippen molar-refractivity contribution >= 4 is 24.2 Å². The molecule has 4 heteroatoms. The molecule has 1 heterocycles. The molecule has 1 aromatic carbocycles. The zero-order valence-corrected chi connectivity index (χ0v) is 11.7. The third-order valence-electron chi connectivity index (χ3n) is 2.51. The lowest BCUT2D eigenvalue weighted by molar-refractivity contribution is 0.859. The van der Waals surface area contributed by atoms with E-state index in [1.165, 1.54) is 11.1 Å². The van der Waals surface area contributed by atoms with E-state index < -0.39 is 0 Å². The molecule has 0 aliphatic heterocycles. The Balaban J connectivity index is 2.01. The first-order valence-electron chi connectivity index (χ1n) is 5.81. The van der Waals surface area contributed by atoms with Gasteiger partial charge in [-0.2, -0.15) is 0 Å². The minimum absolute atomic E-state index is 1.01. The van der Waals surface area contributed by atoms with Crippen molar-refractivity contribution in [1.29, 1.82) is 0 Å². The van der Waals surface area contributed by atoms with Crippen LogP contribution in [0.2, 0.25) is 0 Å². The molecule has 0 atom stereocenters. The van der Waals surface area contributed by atoms with Gasteiger partial charge in [0.1, 0.15) is 6.34 Å². The van der Waals surface area contributed by atoms with Crippen LogP contribution >= 0.6 is 12.1 Å². The van der Waals surface area contributed by atoms with Crippen molar-refractivity contribution in [3.8, 4) is 0 Å². The quantitative estimate of drug-likeness (QED) is 0.473. The van der Waals surface area contributed by atoms with Gasteiger partial charge in [-0.1, -0.05) is 17.7 Å². The Kier molecular flexibility index (Phi) is 4.10. The van der Waals surface area contributed by atoms with Gasteiger partial charge in [0.2, 0.25) is 0 Å². The zero-order valence-electron chi connectivity index (χ0n) is 10.9. The van der Waals surface area contributed by atoms with Crippen molar-refractivity contribution in [3.05, 3.63) is 53.9 Å². The molecule has 0 amide bonds. The maximum absolute atomic E-state index is 4.49. The minimum atomic E-state index is 1.01. The molecule has 3 nitrogen and oxygen atoms in total. The number of aliphatic imine (C=N–C) groups is 1. The SMILES string of the molecule is Cc1ccc(N=CN(C)Sn2cccc2)c(C)c1. The molecule has 0 radical (unpaired) electrons. The summed E-state index contributed by atoms with van der Waals surface area (Å²) < 4.78 is 3.99. The van der Waals surface area contributed by atoms with Crippen LogP contribution in [-0.4, -0.2) is 21.7 Å². The Labute approximate surface area is 112 Å². The molecule has 2 aromatic rings. The minimum Gasteiger partial charge on any atom is -0.292 e. The van der Waals surface area contributed by atoms with E-state index in [2.05, 4.69) is 37.0 Å². The van der Waals surface area contributed by atoms with Gasteiger partial charge in [-0.3, -0.25) is 8.28 Å². The summed E-state index contributed by atoms with van der Waals surface area (Å²) in [6, 6.07) is 10.3. The normalized spacial score (nSPS) is 11.1. The van der Waals surface area contributed by atoms with Crippen LogP contribution in [-0.2, 0) is 0 Å². The number of nitrogens with zero attached hydrogens (tertiary/aromatic N) is 3. The van der Waals surface area contributed by atoms with Crippen molar-refractivity contribution in [1.82, 2.24) is 8.28 Å². The average Bonchev–Trinajstić information content (AvgIpc) is 2.80. The molecule has 0 saturated carbocycles. The lowest BCUT2D eigenvalue weighted by atomic mass is 10.1. The van der Waals surface area contributed by atoms with Gasteiger partial charge < -0.3 is 0 Å². The van der Waals surface area contributed by atoms with Crippen LogP contribution in [0.3, 0.4) is 0 Å². The van der Waals surface area contributed by atoms with Crippen LogP contribution in [0.5, 0.6) is 0 Å². The molecule has 94 valence electrons. The Bertz CT molecular complexity index is 532. The van der Waals surface area contributed by atoms with Gasteiger partial charge in [0, 0.05) is 19.4 Å². The van der Waals surface area contributed by atoms with E-state index in [1.54, 1.807) is 12.1 Å². The zero-order chi connectivity index (χ0) is 13.0. The van der Waals surface area contributed by atoms with Gasteiger partial charge in [0.05, 0.1) is 17.8 Å². The number of aryl methyl sites for hydroxylation is 2. The molecule has 0 saturated heterocycles. The molecule has 1 aromatic heterocycles. The van der Waals surface area contributed by atoms with E-state index in [0.717, 1.165) is 5.69 Å². The third-order valence-corrected chi connectivity index (χ3v) is 3.30. The van der Waals surface area contributed by atoms with E-state index >= 15 is 0 Å². The van der Waals surface area contributed by atoms with Gasteiger partial charge in [0.15, 0.2) is 0 Å². The summed E-state index contributed by atoms with van der Waals surface area (Å²) in [5.74, 6) is 0. The molecule has 0 unspecified atom stereocenters. The summed E-state index contributed by atoms with van der Waals surface area (Å²) in [4.78, 5) is 4.49. The van der Waals surface area contributed by atoms with Gasteiger partial charge in [0.25, 0.3) is 0 Å². The molecular weight excluding hydrogens is 242 g/mol. The summed E-state index contributed by atoms with van der Waals surface area (Å²) in [5, 5.41) is 0. The second kappa shape index (κ2) is 5.78. The Hall–Kier alpha value is -1.68. The number of benzene rings is 1. The maximum atomic E-state index is 4.49. The van der Waals surface area contributed by atoms with Gasteiger partial charge in [-0.25, -0.2) is 4.99 Å². The highest BCUT2D eigenvalue weighted by atomic mass is 32.2. The summed E-state index contributed by atoms with van der Waals surface area (Å²) in [7, 11) is 1.98. The largest absolute Gasteiger partial charge is 0.292 e. The predicted octanol–water partition coefficient (Wildman–Crippen LogP) is 3.81. The van der Waals surface area contributed by atoms with Gasteiger partial charge >= 0.3 is 0 Å². The van der Waals surface area contributed by atoms with Crippen LogP contribution in [0.25, 0.3) is 0 Å². The topological polar surface area (TPSA) is 20.5 Å². The number of hydrogen-bond acceptors (Lipinski definition) is 2. The molecule has 0 bridgehead atoms. The molecule has 0 fully saturated rings. The van der Waals surface area contributed by atoms with E-state index in [0.29, 0.717) is 0 Å². The molecule has 0 aliphatic carbocycles. The number of rotatable bonds is 4. The first-order chi connectivity index (χ1) is 8.65. The molecule has 0 N–H and O–H groups in total. The Morgan fingerprint density at radius 1 is 1.22 bits per heavy atom. The summed E-state index contributed by atoms with van der Waals surface area (Å²) >= 11 is 1.58. The van der Waals surface area contributed by atoms with E-state index in [-0.39, 0.29) is 0 Å². The van der Waals surface area contributed by atoms with E-state index in [9.17, 15) is 0 Å². The molecule has 2 rings (SSSR count). The Morgan fingerprint density at radius 2 is 1.94 bits per heavy atom. The monoisotopic (exact) mass is 259 g/mol. The second-order valence-electron chi connectivity index (χ2n) is 4.21. The molecule has 18 heavy (non-hydrogen) atoms. The fourth-order valence-electron chi connectivity index (χ4n) is 1.64. The Morgan fingerprint density at radius 3 is 2.61 bits per heavy atom. The highest BCUT2D eigenvalue weighted by molar-refractivity contribution is 7.95. The van der Waals surface area contributed by atoms with Gasteiger partial charge in [-0.05, 0) is 37.6 Å². The first-order valence-corrected chi connectivity index (χ1v) is 6.54. The number of hydrogen-bond donors (Lipinski definition) is 0. The van der Waals surface area contributed by atoms with Crippen molar-refractivity contribution in [2.45, 2.75) is 13.8 Å². The second-order valence-corrected chi connectivity index (χ2v) is 5.37. The van der Waals surface area contributed by atoms with Crippen LogP contribution in [0.4, 0.5) is 5.69 Å². The number of aromatic nitrogens is 1.